The van der Waals surface area contributed by atoms with Crippen LogP contribution in [0.4, 0.5) is 0 Å². The summed E-state index contributed by atoms with van der Waals surface area (Å²) < 4.78 is 6.91. The Morgan fingerprint density at radius 1 is 1.28 bits per heavy atom. The van der Waals surface area contributed by atoms with E-state index in [1.165, 1.54) is 10.9 Å². The Hall–Kier alpha value is -2.89. The van der Waals surface area contributed by atoms with Crippen molar-refractivity contribution >= 4 is 17.0 Å². The smallest absolute Gasteiger partial charge is 0.264 e. The fraction of sp³-hybridized carbons (Fsp3) is 0.316. The molecule has 0 radical (unpaired) electrons. The van der Waals surface area contributed by atoms with Crippen molar-refractivity contribution in [3.63, 3.8) is 0 Å². The number of nitrogens with one attached hydrogen (secondary N) is 1. The van der Waals surface area contributed by atoms with Crippen molar-refractivity contribution in [2.45, 2.75) is 39.8 Å². The molecule has 2 heterocycles. The Balaban J connectivity index is 1.68. The second-order valence-electron chi connectivity index (χ2n) is 6.16. The van der Waals surface area contributed by atoms with Gasteiger partial charge < -0.3 is 9.73 Å². The zero-order valence-corrected chi connectivity index (χ0v) is 14.6. The molecule has 0 saturated heterocycles. The summed E-state index contributed by atoms with van der Waals surface area (Å²) in [5, 5.41) is 3.43. The number of amides is 1. The summed E-state index contributed by atoms with van der Waals surface area (Å²) in [6.07, 6.45) is 1.64. The number of hydrogen-bond acceptors (Lipinski definition) is 4. The van der Waals surface area contributed by atoms with Crippen molar-refractivity contribution in [1.29, 1.82) is 0 Å². The summed E-state index contributed by atoms with van der Waals surface area (Å²) >= 11 is 0. The SMILES string of the molecule is Cc1oc2ncn(CCC(=O)N[C@@H](C)c3ccccc3)c(=O)c2c1C. The highest BCUT2D eigenvalue weighted by molar-refractivity contribution is 5.78. The van der Waals surface area contributed by atoms with Gasteiger partial charge in [-0.15, -0.1) is 0 Å². The Kier molecular flexibility index (Phi) is 4.70. The van der Waals surface area contributed by atoms with E-state index in [0.717, 1.165) is 11.1 Å². The average molecular weight is 339 g/mol. The average Bonchev–Trinajstić information content (AvgIpc) is 2.90. The van der Waals surface area contributed by atoms with Gasteiger partial charge in [0.15, 0.2) is 0 Å². The van der Waals surface area contributed by atoms with E-state index >= 15 is 0 Å². The normalized spacial score (nSPS) is 12.3. The molecule has 1 atom stereocenters. The number of carbonyl (C=O) groups excluding carboxylic acids is 1. The van der Waals surface area contributed by atoms with Crippen LogP contribution in [0.15, 0.2) is 45.9 Å². The van der Waals surface area contributed by atoms with Crippen LogP contribution in [0, 0.1) is 13.8 Å². The molecule has 6 heteroatoms. The van der Waals surface area contributed by atoms with Gasteiger partial charge in [-0.3, -0.25) is 14.2 Å². The number of nitrogens with zero attached hydrogens (tertiary/aromatic N) is 2. The summed E-state index contributed by atoms with van der Waals surface area (Å²) in [7, 11) is 0. The molecule has 0 saturated carbocycles. The highest BCUT2D eigenvalue weighted by Gasteiger charge is 2.15. The largest absolute Gasteiger partial charge is 0.443 e. The van der Waals surface area contributed by atoms with Crippen LogP contribution >= 0.6 is 0 Å². The standard InChI is InChI=1S/C19H21N3O3/c1-12-14(3)25-18-17(12)19(24)22(11-20-18)10-9-16(23)21-13(2)15-7-5-4-6-8-15/h4-8,11,13H,9-10H2,1-3H3,(H,21,23)/t13-/m0/s1. The van der Waals surface area contributed by atoms with Gasteiger partial charge in [0.1, 0.15) is 17.5 Å². The molecule has 0 unspecified atom stereocenters. The number of benzene rings is 1. The fourth-order valence-corrected chi connectivity index (χ4v) is 2.79. The quantitative estimate of drug-likeness (QED) is 0.775. The molecule has 0 bridgehead atoms. The van der Waals surface area contributed by atoms with Gasteiger partial charge in [0.05, 0.1) is 6.04 Å². The second-order valence-corrected chi connectivity index (χ2v) is 6.16. The van der Waals surface area contributed by atoms with Crippen LogP contribution in [-0.2, 0) is 11.3 Å². The molecule has 6 nitrogen and oxygen atoms in total. The van der Waals surface area contributed by atoms with E-state index in [-0.39, 0.29) is 30.5 Å². The maximum atomic E-state index is 12.6. The van der Waals surface area contributed by atoms with E-state index in [1.807, 2.05) is 44.2 Å². The van der Waals surface area contributed by atoms with Crippen molar-refractivity contribution in [2.24, 2.45) is 0 Å². The first-order valence-electron chi connectivity index (χ1n) is 8.27. The monoisotopic (exact) mass is 339 g/mol. The van der Waals surface area contributed by atoms with Crippen molar-refractivity contribution in [2.75, 3.05) is 0 Å². The van der Waals surface area contributed by atoms with Crippen molar-refractivity contribution in [3.8, 4) is 0 Å². The Morgan fingerprint density at radius 2 is 2.00 bits per heavy atom. The molecule has 0 fully saturated rings. The summed E-state index contributed by atoms with van der Waals surface area (Å²) in [5.41, 5.74) is 2.01. The van der Waals surface area contributed by atoms with Gasteiger partial charge in [-0.2, -0.15) is 0 Å². The maximum Gasteiger partial charge on any atom is 0.264 e. The third-order valence-corrected chi connectivity index (χ3v) is 4.41. The predicted octanol–water partition coefficient (Wildman–Crippen LogP) is 2.87. The third-order valence-electron chi connectivity index (χ3n) is 4.41. The number of carbonyl (C=O) groups is 1. The van der Waals surface area contributed by atoms with Crippen LogP contribution in [0.3, 0.4) is 0 Å². The minimum atomic E-state index is -0.178. The van der Waals surface area contributed by atoms with E-state index < -0.39 is 0 Å². The van der Waals surface area contributed by atoms with Crippen LogP contribution in [0.25, 0.3) is 11.1 Å². The molecular weight excluding hydrogens is 318 g/mol. The first kappa shape index (κ1) is 17.0. The van der Waals surface area contributed by atoms with Gasteiger partial charge in [0, 0.05) is 18.5 Å². The number of furan rings is 1. The molecule has 3 rings (SSSR count). The predicted molar refractivity (Wildman–Crippen MR) is 95.4 cm³/mol. The van der Waals surface area contributed by atoms with Gasteiger partial charge in [-0.05, 0) is 26.3 Å². The molecule has 25 heavy (non-hydrogen) atoms. The highest BCUT2D eigenvalue weighted by Crippen LogP contribution is 2.19. The summed E-state index contributed by atoms with van der Waals surface area (Å²) in [6.45, 7) is 5.85. The minimum Gasteiger partial charge on any atom is -0.443 e. The Labute approximate surface area is 145 Å². The zero-order valence-electron chi connectivity index (χ0n) is 14.6. The molecule has 3 aromatic rings. The lowest BCUT2D eigenvalue weighted by Crippen LogP contribution is -2.29. The van der Waals surface area contributed by atoms with Crippen LogP contribution in [0.2, 0.25) is 0 Å². The summed E-state index contributed by atoms with van der Waals surface area (Å²) in [5.74, 6) is 0.579. The zero-order chi connectivity index (χ0) is 18.0. The number of hydrogen-bond donors (Lipinski definition) is 1. The van der Waals surface area contributed by atoms with E-state index in [9.17, 15) is 9.59 Å². The highest BCUT2D eigenvalue weighted by atomic mass is 16.3. The van der Waals surface area contributed by atoms with Crippen LogP contribution in [0.5, 0.6) is 0 Å². The Morgan fingerprint density at radius 3 is 2.72 bits per heavy atom. The van der Waals surface area contributed by atoms with Crippen LogP contribution in [0.1, 0.15) is 36.3 Å². The van der Waals surface area contributed by atoms with Gasteiger partial charge in [0.25, 0.3) is 5.56 Å². The minimum absolute atomic E-state index is 0.0789. The molecule has 0 aliphatic carbocycles. The molecule has 1 aromatic carbocycles. The molecular formula is C19H21N3O3. The number of aromatic nitrogens is 2. The summed E-state index contributed by atoms with van der Waals surface area (Å²) in [4.78, 5) is 28.9. The van der Waals surface area contributed by atoms with Crippen molar-refractivity contribution in [1.82, 2.24) is 14.9 Å². The first-order valence-corrected chi connectivity index (χ1v) is 8.27. The number of rotatable bonds is 5. The molecule has 1 N–H and O–H groups in total. The lowest BCUT2D eigenvalue weighted by atomic mass is 10.1. The van der Waals surface area contributed by atoms with Crippen LogP contribution in [-0.4, -0.2) is 15.5 Å². The molecule has 0 aliphatic rings. The fourth-order valence-electron chi connectivity index (χ4n) is 2.79. The Bertz CT molecular complexity index is 957. The van der Waals surface area contributed by atoms with E-state index in [1.54, 1.807) is 6.92 Å². The molecule has 2 aromatic heterocycles. The van der Waals surface area contributed by atoms with Gasteiger partial charge in [0.2, 0.25) is 11.6 Å². The van der Waals surface area contributed by atoms with Crippen molar-refractivity contribution in [3.05, 3.63) is 63.9 Å². The summed E-state index contributed by atoms with van der Waals surface area (Å²) in [6, 6.07) is 9.67. The molecule has 0 aliphatic heterocycles. The molecule has 0 spiro atoms. The number of fused-ring (bicyclic) bond motifs is 1. The third kappa shape index (κ3) is 3.47. The molecule has 130 valence electrons. The lowest BCUT2D eigenvalue weighted by Gasteiger charge is -2.14. The van der Waals surface area contributed by atoms with E-state index in [0.29, 0.717) is 16.9 Å². The first-order chi connectivity index (χ1) is 12.0. The maximum absolute atomic E-state index is 12.6. The van der Waals surface area contributed by atoms with Crippen LogP contribution < -0.4 is 10.9 Å². The lowest BCUT2D eigenvalue weighted by molar-refractivity contribution is -0.121. The number of aryl methyl sites for hydroxylation is 3. The van der Waals surface area contributed by atoms with E-state index in [4.69, 9.17) is 4.42 Å². The topological polar surface area (TPSA) is 77.1 Å². The second kappa shape index (κ2) is 6.93. The van der Waals surface area contributed by atoms with Crippen molar-refractivity contribution < 1.29 is 9.21 Å². The van der Waals surface area contributed by atoms with Gasteiger partial charge in [-0.25, -0.2) is 4.98 Å². The van der Waals surface area contributed by atoms with Gasteiger partial charge >= 0.3 is 0 Å². The molecule has 1 amide bonds. The van der Waals surface area contributed by atoms with E-state index in [2.05, 4.69) is 10.3 Å². The van der Waals surface area contributed by atoms with Gasteiger partial charge in [-0.1, -0.05) is 30.3 Å².